The highest BCUT2D eigenvalue weighted by Crippen LogP contribution is 2.30. The monoisotopic (exact) mass is 431 g/mol. The number of piperidine rings is 1. The van der Waals surface area contributed by atoms with Crippen LogP contribution >= 0.6 is 0 Å². The molecule has 7 heteroatoms. The number of nitrogens with one attached hydrogen (secondary N) is 3. The summed E-state index contributed by atoms with van der Waals surface area (Å²) in [7, 11) is 1.62. The van der Waals surface area contributed by atoms with E-state index in [1.165, 1.54) is 43.3 Å². The molecule has 7 nitrogen and oxygen atoms in total. The van der Waals surface area contributed by atoms with E-state index >= 15 is 0 Å². The Morgan fingerprint density at radius 3 is 2.78 bits per heavy atom. The van der Waals surface area contributed by atoms with Crippen LogP contribution in [0.3, 0.4) is 0 Å². The van der Waals surface area contributed by atoms with Crippen molar-refractivity contribution in [2.45, 2.75) is 25.8 Å². The molecule has 0 atom stereocenters. The second-order valence-corrected chi connectivity index (χ2v) is 8.52. The second-order valence-electron chi connectivity index (χ2n) is 8.52. The predicted molar refractivity (Wildman–Crippen MR) is 127 cm³/mol. The molecule has 0 spiro atoms. The highest BCUT2D eigenvalue weighted by Gasteiger charge is 2.15. The van der Waals surface area contributed by atoms with E-state index < -0.39 is 0 Å². The Morgan fingerprint density at radius 2 is 1.94 bits per heavy atom. The van der Waals surface area contributed by atoms with Crippen molar-refractivity contribution in [2.75, 3.05) is 33.4 Å². The summed E-state index contributed by atoms with van der Waals surface area (Å²) in [4.78, 5) is 18.5. The van der Waals surface area contributed by atoms with Crippen molar-refractivity contribution >= 4 is 27.7 Å². The lowest BCUT2D eigenvalue weighted by Gasteiger charge is -2.26. The first-order valence-corrected chi connectivity index (χ1v) is 11.3. The Hall–Kier alpha value is -3.16. The number of amides is 1. The minimum absolute atomic E-state index is 0.116. The van der Waals surface area contributed by atoms with Gasteiger partial charge in [0.25, 0.3) is 5.91 Å². The summed E-state index contributed by atoms with van der Waals surface area (Å²) < 4.78 is 5.01. The third-order valence-electron chi connectivity index (χ3n) is 6.21. The Balaban J connectivity index is 1.41. The number of hydrogen-bond donors (Lipinski definition) is 3. The molecule has 0 unspecified atom stereocenters. The molecule has 0 aliphatic carbocycles. The molecule has 0 radical (unpaired) electrons. The number of aromatic nitrogens is 3. The van der Waals surface area contributed by atoms with Crippen LogP contribution in [0.5, 0.6) is 0 Å². The van der Waals surface area contributed by atoms with Crippen LogP contribution in [-0.2, 0) is 11.3 Å². The third kappa shape index (κ3) is 4.26. The number of methoxy groups -OCH3 is 1. The van der Waals surface area contributed by atoms with E-state index in [1.807, 2.05) is 18.2 Å². The molecule has 1 saturated heterocycles. The summed E-state index contributed by atoms with van der Waals surface area (Å²) in [5.41, 5.74) is 5.70. The molecular formula is C25H29N5O2. The number of H-pyrrole nitrogens is 2. The van der Waals surface area contributed by atoms with Crippen molar-refractivity contribution < 1.29 is 9.53 Å². The Labute approximate surface area is 187 Å². The molecule has 166 valence electrons. The minimum atomic E-state index is -0.116. The van der Waals surface area contributed by atoms with E-state index in [4.69, 9.17) is 4.74 Å². The molecule has 2 aromatic carbocycles. The van der Waals surface area contributed by atoms with Crippen LogP contribution in [0.1, 0.15) is 35.2 Å². The first-order chi connectivity index (χ1) is 15.7. The van der Waals surface area contributed by atoms with Crippen LogP contribution in [0.2, 0.25) is 0 Å². The number of fused-ring (bicyclic) bond motifs is 2. The van der Waals surface area contributed by atoms with Gasteiger partial charge in [0, 0.05) is 42.1 Å². The standard InChI is InChI=1S/C25H29N5O2/c1-32-12-9-26-25(31)18-6-8-22-20(14-18)24(29-28-22)23-15-19-13-17(5-7-21(19)27-23)16-30-10-3-2-4-11-30/h5-8,13-15,27H,2-4,9-12,16H2,1H3,(H,26,31)(H,28,29). The van der Waals surface area contributed by atoms with E-state index in [2.05, 4.69) is 49.7 Å². The van der Waals surface area contributed by atoms with Gasteiger partial charge in [-0.2, -0.15) is 5.10 Å². The first-order valence-electron chi connectivity index (χ1n) is 11.3. The SMILES string of the molecule is COCCNC(=O)c1ccc2[nH]nc(-c3cc4cc(CN5CCCCC5)ccc4[nH]3)c2c1. The number of ether oxygens (including phenoxy) is 1. The number of likely N-dealkylation sites (tertiary alicyclic amines) is 1. The number of carbonyl (C=O) groups is 1. The van der Waals surface area contributed by atoms with Gasteiger partial charge in [0.15, 0.2) is 0 Å². The largest absolute Gasteiger partial charge is 0.383 e. The molecule has 32 heavy (non-hydrogen) atoms. The predicted octanol–water partition coefficient (Wildman–Crippen LogP) is 4.07. The quantitative estimate of drug-likeness (QED) is 0.385. The van der Waals surface area contributed by atoms with Crippen molar-refractivity contribution in [1.29, 1.82) is 0 Å². The zero-order valence-electron chi connectivity index (χ0n) is 18.4. The maximum atomic E-state index is 12.5. The van der Waals surface area contributed by atoms with E-state index in [0.29, 0.717) is 18.7 Å². The van der Waals surface area contributed by atoms with Gasteiger partial charge in [-0.1, -0.05) is 12.5 Å². The maximum Gasteiger partial charge on any atom is 0.251 e. The van der Waals surface area contributed by atoms with Crippen LogP contribution in [0, 0.1) is 0 Å². The average molecular weight is 432 g/mol. The van der Waals surface area contributed by atoms with Crippen molar-refractivity contribution in [1.82, 2.24) is 25.4 Å². The molecule has 1 fully saturated rings. The van der Waals surface area contributed by atoms with Crippen LogP contribution in [0.4, 0.5) is 0 Å². The fourth-order valence-corrected chi connectivity index (χ4v) is 4.51. The number of nitrogens with zero attached hydrogens (tertiary/aromatic N) is 2. The summed E-state index contributed by atoms with van der Waals surface area (Å²) in [6.07, 6.45) is 3.95. The summed E-state index contributed by atoms with van der Waals surface area (Å²) in [6.45, 7) is 4.35. The lowest BCUT2D eigenvalue weighted by Crippen LogP contribution is -2.28. The fourth-order valence-electron chi connectivity index (χ4n) is 4.51. The lowest BCUT2D eigenvalue weighted by molar-refractivity contribution is 0.0937. The normalized spacial score (nSPS) is 14.9. The van der Waals surface area contributed by atoms with Gasteiger partial charge in [0.2, 0.25) is 0 Å². The van der Waals surface area contributed by atoms with Crippen LogP contribution in [-0.4, -0.2) is 59.3 Å². The summed E-state index contributed by atoms with van der Waals surface area (Å²) in [5.74, 6) is -0.116. The molecule has 0 saturated carbocycles. The Bertz CT molecular complexity index is 1240. The highest BCUT2D eigenvalue weighted by molar-refractivity contribution is 6.02. The lowest BCUT2D eigenvalue weighted by atomic mass is 10.1. The molecule has 1 amide bonds. The molecular weight excluding hydrogens is 402 g/mol. The zero-order chi connectivity index (χ0) is 21.9. The van der Waals surface area contributed by atoms with Crippen molar-refractivity contribution in [3.63, 3.8) is 0 Å². The van der Waals surface area contributed by atoms with Gasteiger partial charge in [-0.25, -0.2) is 0 Å². The molecule has 1 aliphatic rings. The van der Waals surface area contributed by atoms with Gasteiger partial charge < -0.3 is 15.0 Å². The van der Waals surface area contributed by atoms with Gasteiger partial charge in [0.1, 0.15) is 5.69 Å². The third-order valence-corrected chi connectivity index (χ3v) is 6.21. The summed E-state index contributed by atoms with van der Waals surface area (Å²) >= 11 is 0. The van der Waals surface area contributed by atoms with E-state index in [1.54, 1.807) is 7.11 Å². The first kappa shape index (κ1) is 20.7. The Kier molecular flexibility index (Phi) is 5.92. The summed E-state index contributed by atoms with van der Waals surface area (Å²) in [6, 6.07) is 14.4. The number of rotatable bonds is 7. The van der Waals surface area contributed by atoms with E-state index in [0.717, 1.165) is 34.4 Å². The molecule has 4 aromatic rings. The van der Waals surface area contributed by atoms with Gasteiger partial charge in [-0.05, 0) is 67.9 Å². The molecule has 1 aliphatic heterocycles. The average Bonchev–Trinajstić information content (AvgIpc) is 3.43. The smallest absolute Gasteiger partial charge is 0.251 e. The number of aromatic amines is 2. The molecule has 5 rings (SSSR count). The van der Waals surface area contributed by atoms with E-state index in [9.17, 15) is 4.79 Å². The topological polar surface area (TPSA) is 86.0 Å². The van der Waals surface area contributed by atoms with Crippen LogP contribution in [0.15, 0.2) is 42.5 Å². The minimum Gasteiger partial charge on any atom is -0.383 e. The van der Waals surface area contributed by atoms with Crippen LogP contribution < -0.4 is 5.32 Å². The number of benzene rings is 2. The molecule has 2 aromatic heterocycles. The Morgan fingerprint density at radius 1 is 1.09 bits per heavy atom. The van der Waals surface area contributed by atoms with Crippen molar-refractivity contribution in [3.05, 3.63) is 53.6 Å². The number of carbonyl (C=O) groups excluding carboxylic acids is 1. The van der Waals surface area contributed by atoms with Gasteiger partial charge >= 0.3 is 0 Å². The molecule has 0 bridgehead atoms. The van der Waals surface area contributed by atoms with Crippen molar-refractivity contribution in [3.8, 4) is 11.4 Å². The van der Waals surface area contributed by atoms with Crippen LogP contribution in [0.25, 0.3) is 33.2 Å². The van der Waals surface area contributed by atoms with Gasteiger partial charge in [0.05, 0.1) is 17.8 Å². The van der Waals surface area contributed by atoms with Crippen molar-refractivity contribution in [2.24, 2.45) is 0 Å². The molecule has 3 heterocycles. The summed E-state index contributed by atoms with van der Waals surface area (Å²) in [5, 5.41) is 12.6. The number of hydrogen-bond acceptors (Lipinski definition) is 4. The van der Waals surface area contributed by atoms with E-state index in [-0.39, 0.29) is 5.91 Å². The highest BCUT2D eigenvalue weighted by atomic mass is 16.5. The zero-order valence-corrected chi connectivity index (χ0v) is 18.4. The fraction of sp³-hybridized carbons (Fsp3) is 0.360. The van der Waals surface area contributed by atoms with Gasteiger partial charge in [-0.15, -0.1) is 0 Å². The second kappa shape index (κ2) is 9.14. The maximum absolute atomic E-state index is 12.5. The molecule has 3 N–H and O–H groups in total. The van der Waals surface area contributed by atoms with Gasteiger partial charge in [-0.3, -0.25) is 14.8 Å².